The van der Waals surface area contributed by atoms with Gasteiger partial charge in [0.2, 0.25) is 0 Å². The van der Waals surface area contributed by atoms with Crippen LogP contribution in [0.2, 0.25) is 0 Å². The van der Waals surface area contributed by atoms with E-state index in [9.17, 15) is 14.6 Å². The van der Waals surface area contributed by atoms with Crippen LogP contribution in [0.15, 0.2) is 24.3 Å². The molecule has 0 atom stereocenters. The number of hydrogen-bond donors (Lipinski definition) is 2. The smallest absolute Gasteiger partial charge is 0.127 e. The number of ether oxygens (including phenoxy) is 1. The summed E-state index contributed by atoms with van der Waals surface area (Å²) < 4.78 is 19.1. The Hall–Kier alpha value is -0.970. The second-order valence-corrected chi connectivity index (χ2v) is 4.44. The van der Waals surface area contributed by atoms with Gasteiger partial charge in [-0.3, -0.25) is 0 Å². The van der Waals surface area contributed by atoms with E-state index in [2.05, 4.69) is 0 Å². The molecule has 0 bridgehead atoms. The normalized spacial score (nSPS) is 11.8. The van der Waals surface area contributed by atoms with E-state index in [-0.39, 0.29) is 13.2 Å². The summed E-state index contributed by atoms with van der Waals surface area (Å²) in [7, 11) is 0. The van der Waals surface area contributed by atoms with Gasteiger partial charge in [0, 0.05) is 18.6 Å². The Morgan fingerprint density at radius 3 is 2.39 bits per heavy atom. The molecular weight excluding hydrogens is 235 g/mol. The summed E-state index contributed by atoms with van der Waals surface area (Å²) >= 11 is 0. The van der Waals surface area contributed by atoms with Crippen LogP contribution in [0, 0.1) is 5.82 Å². The molecule has 0 radical (unpaired) electrons. The van der Waals surface area contributed by atoms with Gasteiger partial charge in [-0.1, -0.05) is 25.1 Å². The molecule has 18 heavy (non-hydrogen) atoms. The van der Waals surface area contributed by atoms with Crippen LogP contribution >= 0.6 is 0 Å². The second kappa shape index (κ2) is 7.46. The molecule has 0 unspecified atom stereocenters. The molecule has 0 aliphatic heterocycles. The van der Waals surface area contributed by atoms with Crippen molar-refractivity contribution in [1.82, 2.24) is 0 Å². The molecule has 102 valence electrons. The average molecular weight is 256 g/mol. The number of aliphatic hydroxyl groups excluding tert-OH is 2. The molecular formula is C14H21FO3. The zero-order valence-electron chi connectivity index (χ0n) is 10.7. The van der Waals surface area contributed by atoms with Crippen molar-refractivity contribution in [1.29, 1.82) is 0 Å². The van der Waals surface area contributed by atoms with Crippen LogP contribution in [0.25, 0.3) is 0 Å². The largest absolute Gasteiger partial charge is 0.395 e. The van der Waals surface area contributed by atoms with Crippen molar-refractivity contribution in [2.75, 3.05) is 26.4 Å². The Morgan fingerprint density at radius 1 is 1.17 bits per heavy atom. The van der Waals surface area contributed by atoms with Gasteiger partial charge in [-0.15, -0.1) is 0 Å². The zero-order chi connectivity index (χ0) is 13.4. The molecule has 0 heterocycles. The minimum atomic E-state index is -0.973. The summed E-state index contributed by atoms with van der Waals surface area (Å²) in [4.78, 5) is 0. The van der Waals surface area contributed by atoms with Gasteiger partial charge in [-0.2, -0.15) is 0 Å². The van der Waals surface area contributed by atoms with E-state index in [1.165, 1.54) is 6.07 Å². The minimum Gasteiger partial charge on any atom is -0.395 e. The summed E-state index contributed by atoms with van der Waals surface area (Å²) in [6, 6.07) is 6.22. The lowest BCUT2D eigenvalue weighted by atomic mass is 9.79. The molecule has 4 heteroatoms. The molecule has 0 amide bonds. The average Bonchev–Trinajstić information content (AvgIpc) is 2.41. The van der Waals surface area contributed by atoms with E-state index >= 15 is 0 Å². The van der Waals surface area contributed by atoms with E-state index in [0.29, 0.717) is 25.2 Å². The lowest BCUT2D eigenvalue weighted by molar-refractivity contribution is 0.0610. The van der Waals surface area contributed by atoms with Crippen LogP contribution in [0.4, 0.5) is 4.39 Å². The second-order valence-electron chi connectivity index (χ2n) is 4.44. The highest BCUT2D eigenvalue weighted by Gasteiger charge is 2.33. The number of rotatable bonds is 8. The maximum absolute atomic E-state index is 13.8. The van der Waals surface area contributed by atoms with Gasteiger partial charge in [-0.05, 0) is 24.5 Å². The first-order valence-corrected chi connectivity index (χ1v) is 6.24. The fraction of sp³-hybridized carbons (Fsp3) is 0.571. The SMILES string of the molecule is CCCOCCC(CO)(CO)c1ccccc1F. The summed E-state index contributed by atoms with van der Waals surface area (Å²) in [5.41, 5.74) is -0.630. The van der Waals surface area contributed by atoms with Gasteiger partial charge >= 0.3 is 0 Å². The van der Waals surface area contributed by atoms with E-state index in [1.54, 1.807) is 18.2 Å². The van der Waals surface area contributed by atoms with Crippen LogP contribution in [0.5, 0.6) is 0 Å². The molecule has 1 rings (SSSR count). The van der Waals surface area contributed by atoms with Crippen molar-refractivity contribution in [3.05, 3.63) is 35.6 Å². The Labute approximate surface area is 107 Å². The molecule has 0 fully saturated rings. The Balaban J connectivity index is 2.83. The standard InChI is InChI=1S/C14H21FO3/c1-2-8-18-9-7-14(10-16,11-17)12-5-3-4-6-13(12)15/h3-6,16-17H,2,7-11H2,1H3. The predicted molar refractivity (Wildman–Crippen MR) is 68.0 cm³/mol. The maximum atomic E-state index is 13.8. The number of aliphatic hydroxyl groups is 2. The molecule has 0 saturated carbocycles. The Kier molecular flexibility index (Phi) is 6.25. The van der Waals surface area contributed by atoms with Crippen molar-refractivity contribution in [2.24, 2.45) is 0 Å². The third kappa shape index (κ3) is 3.51. The van der Waals surface area contributed by atoms with Gasteiger partial charge < -0.3 is 14.9 Å². The third-order valence-corrected chi connectivity index (χ3v) is 3.12. The molecule has 0 aliphatic rings. The molecule has 1 aromatic carbocycles. The van der Waals surface area contributed by atoms with E-state index in [1.807, 2.05) is 6.92 Å². The molecule has 0 spiro atoms. The Morgan fingerprint density at radius 2 is 1.83 bits per heavy atom. The fourth-order valence-electron chi connectivity index (χ4n) is 1.92. The molecule has 3 nitrogen and oxygen atoms in total. The lowest BCUT2D eigenvalue weighted by Gasteiger charge is -2.30. The topological polar surface area (TPSA) is 49.7 Å². The van der Waals surface area contributed by atoms with Crippen LogP contribution in [0.3, 0.4) is 0 Å². The van der Waals surface area contributed by atoms with Gasteiger partial charge in [0.25, 0.3) is 0 Å². The minimum absolute atomic E-state index is 0.306. The Bertz CT molecular complexity index is 351. The van der Waals surface area contributed by atoms with Crippen molar-refractivity contribution < 1.29 is 19.3 Å². The zero-order valence-corrected chi connectivity index (χ0v) is 10.7. The predicted octanol–water partition coefficient (Wildman–Crippen LogP) is 1.86. The quantitative estimate of drug-likeness (QED) is 0.698. The highest BCUT2D eigenvalue weighted by atomic mass is 19.1. The van der Waals surface area contributed by atoms with Gasteiger partial charge in [-0.25, -0.2) is 4.39 Å². The van der Waals surface area contributed by atoms with E-state index in [0.717, 1.165) is 6.42 Å². The van der Waals surface area contributed by atoms with Gasteiger partial charge in [0.05, 0.1) is 13.2 Å². The van der Waals surface area contributed by atoms with Crippen molar-refractivity contribution in [3.8, 4) is 0 Å². The number of hydrogen-bond acceptors (Lipinski definition) is 3. The van der Waals surface area contributed by atoms with Gasteiger partial charge in [0.15, 0.2) is 0 Å². The summed E-state index contributed by atoms with van der Waals surface area (Å²) in [5, 5.41) is 19.1. The summed E-state index contributed by atoms with van der Waals surface area (Å²) in [6.07, 6.45) is 1.30. The number of benzene rings is 1. The van der Waals surface area contributed by atoms with E-state index in [4.69, 9.17) is 4.74 Å². The highest BCUT2D eigenvalue weighted by molar-refractivity contribution is 5.27. The van der Waals surface area contributed by atoms with Crippen molar-refractivity contribution in [2.45, 2.75) is 25.2 Å². The number of halogens is 1. The van der Waals surface area contributed by atoms with Crippen molar-refractivity contribution >= 4 is 0 Å². The maximum Gasteiger partial charge on any atom is 0.127 e. The molecule has 0 aliphatic carbocycles. The van der Waals surface area contributed by atoms with Crippen molar-refractivity contribution in [3.63, 3.8) is 0 Å². The van der Waals surface area contributed by atoms with Gasteiger partial charge in [0.1, 0.15) is 5.82 Å². The van der Waals surface area contributed by atoms with Crippen LogP contribution in [0.1, 0.15) is 25.3 Å². The van der Waals surface area contributed by atoms with Crippen LogP contribution < -0.4 is 0 Å². The third-order valence-electron chi connectivity index (χ3n) is 3.12. The summed E-state index contributed by atoms with van der Waals surface area (Å²) in [5.74, 6) is -0.406. The molecule has 0 aromatic heterocycles. The van der Waals surface area contributed by atoms with E-state index < -0.39 is 11.2 Å². The first-order chi connectivity index (χ1) is 8.70. The molecule has 0 saturated heterocycles. The highest BCUT2D eigenvalue weighted by Crippen LogP contribution is 2.29. The van der Waals surface area contributed by atoms with Crippen LogP contribution in [-0.2, 0) is 10.2 Å². The monoisotopic (exact) mass is 256 g/mol. The lowest BCUT2D eigenvalue weighted by Crippen LogP contribution is -2.37. The first kappa shape index (κ1) is 15.1. The molecule has 2 N–H and O–H groups in total. The summed E-state index contributed by atoms with van der Waals surface area (Å²) in [6.45, 7) is 2.41. The van der Waals surface area contributed by atoms with Crippen LogP contribution in [-0.4, -0.2) is 36.6 Å². The first-order valence-electron chi connectivity index (χ1n) is 6.24. The fourth-order valence-corrected chi connectivity index (χ4v) is 1.92. The molecule has 1 aromatic rings.